The molecule has 0 amide bonds. The topological polar surface area (TPSA) is 66.0 Å². The van der Waals surface area contributed by atoms with Crippen LogP contribution in [0.2, 0.25) is 0 Å². The standard InChI is InChI=1S/C13H18N4O/c1-3-6-17-9-12(8-16-17)18-13-7-11(10(2)14)4-5-15-13/h4-5,7-10H,3,6,14H2,1-2H3. The van der Waals surface area contributed by atoms with Gasteiger partial charge in [0.05, 0.1) is 12.4 Å². The van der Waals surface area contributed by atoms with Crippen LogP contribution in [0.1, 0.15) is 31.9 Å². The van der Waals surface area contributed by atoms with Crippen molar-refractivity contribution in [3.05, 3.63) is 36.3 Å². The molecule has 1 atom stereocenters. The first-order valence-corrected chi connectivity index (χ1v) is 6.11. The molecule has 2 aromatic rings. The van der Waals surface area contributed by atoms with Gasteiger partial charge in [-0.05, 0) is 25.0 Å². The van der Waals surface area contributed by atoms with E-state index >= 15 is 0 Å². The molecule has 96 valence electrons. The Morgan fingerprint density at radius 2 is 2.33 bits per heavy atom. The number of aryl methyl sites for hydroxylation is 1. The average Bonchev–Trinajstić information content (AvgIpc) is 2.77. The van der Waals surface area contributed by atoms with E-state index in [1.807, 2.05) is 29.9 Å². The molecule has 0 saturated heterocycles. The highest BCUT2D eigenvalue weighted by atomic mass is 16.5. The summed E-state index contributed by atoms with van der Waals surface area (Å²) in [5.74, 6) is 1.23. The zero-order valence-corrected chi connectivity index (χ0v) is 10.7. The molecule has 0 saturated carbocycles. The van der Waals surface area contributed by atoms with Gasteiger partial charge in [-0.2, -0.15) is 5.10 Å². The van der Waals surface area contributed by atoms with E-state index in [1.165, 1.54) is 0 Å². The van der Waals surface area contributed by atoms with E-state index < -0.39 is 0 Å². The second-order valence-electron chi connectivity index (χ2n) is 4.26. The Hall–Kier alpha value is -1.88. The largest absolute Gasteiger partial charge is 0.436 e. The second-order valence-corrected chi connectivity index (χ2v) is 4.26. The smallest absolute Gasteiger partial charge is 0.219 e. The van der Waals surface area contributed by atoms with Crippen molar-refractivity contribution in [3.8, 4) is 11.6 Å². The van der Waals surface area contributed by atoms with E-state index in [-0.39, 0.29) is 6.04 Å². The highest BCUT2D eigenvalue weighted by Gasteiger charge is 2.05. The van der Waals surface area contributed by atoms with Crippen LogP contribution in [0.15, 0.2) is 30.7 Å². The number of nitrogens with two attached hydrogens (primary N) is 1. The number of ether oxygens (including phenoxy) is 1. The second kappa shape index (κ2) is 5.64. The fourth-order valence-corrected chi connectivity index (χ4v) is 1.63. The highest BCUT2D eigenvalue weighted by molar-refractivity contribution is 5.27. The molecular weight excluding hydrogens is 228 g/mol. The van der Waals surface area contributed by atoms with Crippen molar-refractivity contribution >= 4 is 0 Å². The van der Waals surface area contributed by atoms with Gasteiger partial charge >= 0.3 is 0 Å². The molecule has 2 aromatic heterocycles. The number of nitrogens with zero attached hydrogens (tertiary/aromatic N) is 3. The molecule has 0 bridgehead atoms. The van der Waals surface area contributed by atoms with Crippen LogP contribution in [0.25, 0.3) is 0 Å². The van der Waals surface area contributed by atoms with E-state index in [1.54, 1.807) is 12.4 Å². The van der Waals surface area contributed by atoms with Gasteiger partial charge in [-0.3, -0.25) is 4.68 Å². The predicted octanol–water partition coefficient (Wildman–Crippen LogP) is 2.50. The summed E-state index contributed by atoms with van der Waals surface area (Å²) in [6.45, 7) is 4.92. The van der Waals surface area contributed by atoms with E-state index in [0.717, 1.165) is 18.5 Å². The van der Waals surface area contributed by atoms with Crippen LogP contribution in [0, 0.1) is 0 Å². The maximum Gasteiger partial charge on any atom is 0.219 e. The average molecular weight is 246 g/mol. The van der Waals surface area contributed by atoms with Crippen LogP contribution in [0.4, 0.5) is 0 Å². The first-order chi connectivity index (χ1) is 8.69. The first kappa shape index (κ1) is 12.6. The summed E-state index contributed by atoms with van der Waals surface area (Å²) in [5, 5.41) is 4.20. The summed E-state index contributed by atoms with van der Waals surface area (Å²) >= 11 is 0. The molecule has 2 heterocycles. The van der Waals surface area contributed by atoms with Crippen molar-refractivity contribution in [2.45, 2.75) is 32.9 Å². The number of hydrogen-bond donors (Lipinski definition) is 1. The molecule has 0 aliphatic carbocycles. The zero-order chi connectivity index (χ0) is 13.0. The number of hydrogen-bond acceptors (Lipinski definition) is 4. The molecule has 5 heteroatoms. The SMILES string of the molecule is CCCn1cc(Oc2cc(C(C)N)ccn2)cn1. The summed E-state index contributed by atoms with van der Waals surface area (Å²) in [6, 6.07) is 3.71. The summed E-state index contributed by atoms with van der Waals surface area (Å²) in [5.41, 5.74) is 6.82. The molecule has 0 fully saturated rings. The van der Waals surface area contributed by atoms with Crippen LogP contribution in [0.5, 0.6) is 11.6 Å². The van der Waals surface area contributed by atoms with Crippen LogP contribution in [-0.2, 0) is 6.54 Å². The van der Waals surface area contributed by atoms with Gasteiger partial charge in [-0.1, -0.05) is 6.92 Å². The Morgan fingerprint density at radius 3 is 3.06 bits per heavy atom. The number of rotatable bonds is 5. The lowest BCUT2D eigenvalue weighted by molar-refractivity contribution is 0.460. The summed E-state index contributed by atoms with van der Waals surface area (Å²) < 4.78 is 7.50. The van der Waals surface area contributed by atoms with Gasteiger partial charge in [0, 0.05) is 24.8 Å². The Labute approximate surface area is 107 Å². The quantitative estimate of drug-likeness (QED) is 0.880. The normalized spacial score (nSPS) is 12.4. The van der Waals surface area contributed by atoms with Gasteiger partial charge < -0.3 is 10.5 Å². The Morgan fingerprint density at radius 1 is 1.50 bits per heavy atom. The van der Waals surface area contributed by atoms with Crippen LogP contribution in [0.3, 0.4) is 0 Å². The van der Waals surface area contributed by atoms with Crippen molar-refractivity contribution in [2.24, 2.45) is 5.73 Å². The lowest BCUT2D eigenvalue weighted by atomic mass is 10.1. The van der Waals surface area contributed by atoms with Crippen molar-refractivity contribution < 1.29 is 4.74 Å². The molecule has 18 heavy (non-hydrogen) atoms. The van der Waals surface area contributed by atoms with Gasteiger partial charge in [-0.25, -0.2) is 4.98 Å². The van der Waals surface area contributed by atoms with Gasteiger partial charge in [0.1, 0.15) is 0 Å². The molecule has 2 rings (SSSR count). The van der Waals surface area contributed by atoms with Gasteiger partial charge in [0.15, 0.2) is 5.75 Å². The monoisotopic (exact) mass is 246 g/mol. The van der Waals surface area contributed by atoms with Gasteiger partial charge in [0.2, 0.25) is 5.88 Å². The maximum atomic E-state index is 5.82. The first-order valence-electron chi connectivity index (χ1n) is 6.11. The molecule has 0 aromatic carbocycles. The van der Waals surface area contributed by atoms with Gasteiger partial charge in [-0.15, -0.1) is 0 Å². The predicted molar refractivity (Wildman–Crippen MR) is 69.4 cm³/mol. The number of aromatic nitrogens is 3. The molecule has 1 unspecified atom stereocenters. The fraction of sp³-hybridized carbons (Fsp3) is 0.385. The fourth-order valence-electron chi connectivity index (χ4n) is 1.63. The Bertz CT molecular complexity index is 507. The molecule has 0 radical (unpaired) electrons. The molecular formula is C13H18N4O. The van der Waals surface area contributed by atoms with E-state index in [9.17, 15) is 0 Å². The van der Waals surface area contributed by atoms with Crippen molar-refractivity contribution in [2.75, 3.05) is 0 Å². The minimum Gasteiger partial charge on any atom is -0.436 e. The summed E-state index contributed by atoms with van der Waals surface area (Å²) in [4.78, 5) is 4.16. The third kappa shape index (κ3) is 3.07. The third-order valence-corrected chi connectivity index (χ3v) is 2.57. The minimum absolute atomic E-state index is 0.0295. The third-order valence-electron chi connectivity index (χ3n) is 2.57. The maximum absolute atomic E-state index is 5.82. The van der Waals surface area contributed by atoms with E-state index in [4.69, 9.17) is 10.5 Å². The molecule has 0 aliphatic heterocycles. The van der Waals surface area contributed by atoms with E-state index in [0.29, 0.717) is 11.6 Å². The lowest BCUT2D eigenvalue weighted by Crippen LogP contribution is -2.05. The van der Waals surface area contributed by atoms with Crippen LogP contribution in [-0.4, -0.2) is 14.8 Å². The number of pyridine rings is 1. The summed E-state index contributed by atoms with van der Waals surface area (Å²) in [7, 11) is 0. The lowest BCUT2D eigenvalue weighted by Gasteiger charge is -2.07. The molecule has 2 N–H and O–H groups in total. The molecule has 5 nitrogen and oxygen atoms in total. The zero-order valence-electron chi connectivity index (χ0n) is 10.7. The van der Waals surface area contributed by atoms with Crippen LogP contribution < -0.4 is 10.5 Å². The Balaban J connectivity index is 2.10. The van der Waals surface area contributed by atoms with Gasteiger partial charge in [0.25, 0.3) is 0 Å². The van der Waals surface area contributed by atoms with Crippen molar-refractivity contribution in [1.82, 2.24) is 14.8 Å². The highest BCUT2D eigenvalue weighted by Crippen LogP contribution is 2.21. The minimum atomic E-state index is -0.0295. The van der Waals surface area contributed by atoms with E-state index in [2.05, 4.69) is 17.0 Å². The van der Waals surface area contributed by atoms with Crippen LogP contribution >= 0.6 is 0 Å². The molecule has 0 spiro atoms. The van der Waals surface area contributed by atoms with Crippen molar-refractivity contribution in [3.63, 3.8) is 0 Å². The Kier molecular flexibility index (Phi) is 3.94. The van der Waals surface area contributed by atoms with Crippen molar-refractivity contribution in [1.29, 1.82) is 0 Å². The molecule has 0 aliphatic rings. The summed E-state index contributed by atoms with van der Waals surface area (Å²) in [6.07, 6.45) is 6.30.